The zero-order valence-corrected chi connectivity index (χ0v) is 21.8. The minimum atomic E-state index is -0.0798. The van der Waals surface area contributed by atoms with Gasteiger partial charge in [0.25, 0.3) is 0 Å². The third-order valence-corrected chi connectivity index (χ3v) is 7.30. The summed E-state index contributed by atoms with van der Waals surface area (Å²) in [5, 5.41) is 21.9. The standard InChI is InChI=1S/C26H26BrClN6O2/c27-20-15-31-34-24(12-22(32-25(20)34)19-8-2-4-10-23(19)35)29-13-17-6-5-11-33(16-17)26(36)30-14-18-7-1-3-9-21(18)28/h1-4,7-10,12,15,17,29,35H,5-6,11,13-14,16H2,(H,30,36). The van der Waals surface area contributed by atoms with Crippen molar-refractivity contribution < 1.29 is 9.90 Å². The Labute approximate surface area is 222 Å². The van der Waals surface area contributed by atoms with E-state index in [9.17, 15) is 9.90 Å². The minimum absolute atomic E-state index is 0.0798. The van der Waals surface area contributed by atoms with Crippen molar-refractivity contribution in [3.63, 3.8) is 0 Å². The SMILES string of the molecule is O=C(NCc1ccccc1Cl)N1CCCC(CNc2cc(-c3ccccc3O)nc3c(Br)cnn23)C1. The molecule has 8 nitrogen and oxygen atoms in total. The number of aromatic nitrogens is 3. The molecule has 10 heteroatoms. The van der Waals surface area contributed by atoms with Crippen LogP contribution in [-0.4, -0.2) is 50.3 Å². The van der Waals surface area contributed by atoms with Gasteiger partial charge < -0.3 is 20.6 Å². The van der Waals surface area contributed by atoms with Crippen LogP contribution in [0.4, 0.5) is 10.6 Å². The Morgan fingerprint density at radius 1 is 1.19 bits per heavy atom. The number of fused-ring (bicyclic) bond motifs is 1. The van der Waals surface area contributed by atoms with Gasteiger partial charge in [0.05, 0.1) is 16.4 Å². The van der Waals surface area contributed by atoms with Crippen molar-refractivity contribution >= 4 is 45.0 Å². The number of halogens is 2. The molecular formula is C26H26BrClN6O2. The molecule has 1 aliphatic heterocycles. The number of benzene rings is 2. The van der Waals surface area contributed by atoms with E-state index in [1.165, 1.54) is 0 Å². The first-order chi connectivity index (χ1) is 17.5. The molecule has 1 aliphatic rings. The molecule has 1 saturated heterocycles. The number of anilines is 1. The highest BCUT2D eigenvalue weighted by molar-refractivity contribution is 9.10. The fraction of sp³-hybridized carbons (Fsp3) is 0.269. The molecule has 0 aliphatic carbocycles. The van der Waals surface area contributed by atoms with E-state index in [1.54, 1.807) is 22.8 Å². The number of urea groups is 1. The highest BCUT2D eigenvalue weighted by Crippen LogP contribution is 2.31. The summed E-state index contributed by atoms with van der Waals surface area (Å²) in [5.74, 6) is 1.21. The van der Waals surface area contributed by atoms with E-state index in [1.807, 2.05) is 47.4 Å². The number of nitrogens with one attached hydrogen (secondary N) is 2. The van der Waals surface area contributed by atoms with Crippen LogP contribution in [0.25, 0.3) is 16.9 Å². The second kappa shape index (κ2) is 10.8. The lowest BCUT2D eigenvalue weighted by atomic mass is 9.98. The van der Waals surface area contributed by atoms with Gasteiger partial charge in [0, 0.05) is 42.8 Å². The van der Waals surface area contributed by atoms with Gasteiger partial charge in [-0.05, 0) is 58.5 Å². The van der Waals surface area contributed by atoms with Crippen molar-refractivity contribution in [2.45, 2.75) is 19.4 Å². The Hall–Kier alpha value is -3.30. The number of carbonyl (C=O) groups excluding carboxylic acids is 1. The molecule has 0 saturated carbocycles. The Bertz CT molecular complexity index is 1390. The fourth-order valence-corrected chi connectivity index (χ4v) is 5.03. The number of amides is 2. The number of hydrogen-bond acceptors (Lipinski definition) is 5. The summed E-state index contributed by atoms with van der Waals surface area (Å²) in [6.07, 6.45) is 3.66. The van der Waals surface area contributed by atoms with Crippen LogP contribution in [-0.2, 0) is 6.54 Å². The molecule has 3 N–H and O–H groups in total. The summed E-state index contributed by atoms with van der Waals surface area (Å²) < 4.78 is 2.51. The van der Waals surface area contributed by atoms with E-state index < -0.39 is 0 Å². The highest BCUT2D eigenvalue weighted by atomic mass is 79.9. The highest BCUT2D eigenvalue weighted by Gasteiger charge is 2.24. The maximum Gasteiger partial charge on any atom is 0.317 e. The molecule has 0 radical (unpaired) electrons. The lowest BCUT2D eigenvalue weighted by Crippen LogP contribution is -2.46. The molecule has 4 aromatic rings. The molecule has 0 spiro atoms. The zero-order chi connectivity index (χ0) is 25.1. The molecule has 2 amide bonds. The molecule has 36 heavy (non-hydrogen) atoms. The molecule has 1 unspecified atom stereocenters. The first-order valence-corrected chi connectivity index (χ1v) is 13.0. The third kappa shape index (κ3) is 5.27. The van der Waals surface area contributed by atoms with Crippen LogP contribution < -0.4 is 10.6 Å². The van der Waals surface area contributed by atoms with Gasteiger partial charge in [-0.2, -0.15) is 9.61 Å². The Morgan fingerprint density at radius 2 is 2.00 bits per heavy atom. The number of aromatic hydroxyl groups is 1. The van der Waals surface area contributed by atoms with Crippen LogP contribution in [0.1, 0.15) is 18.4 Å². The number of piperidine rings is 1. The van der Waals surface area contributed by atoms with Crippen molar-refractivity contribution in [1.82, 2.24) is 24.8 Å². The maximum absolute atomic E-state index is 12.8. The summed E-state index contributed by atoms with van der Waals surface area (Å²) in [4.78, 5) is 19.4. The Morgan fingerprint density at radius 3 is 2.83 bits per heavy atom. The smallest absolute Gasteiger partial charge is 0.317 e. The van der Waals surface area contributed by atoms with E-state index in [0.717, 1.165) is 35.2 Å². The predicted molar refractivity (Wildman–Crippen MR) is 144 cm³/mol. The van der Waals surface area contributed by atoms with Gasteiger partial charge in [-0.1, -0.05) is 41.9 Å². The van der Waals surface area contributed by atoms with Crippen molar-refractivity contribution in [3.05, 3.63) is 75.9 Å². The van der Waals surface area contributed by atoms with E-state index in [-0.39, 0.29) is 17.7 Å². The van der Waals surface area contributed by atoms with Crippen LogP contribution in [0.15, 0.2) is 65.3 Å². The van der Waals surface area contributed by atoms with Crippen LogP contribution in [0.5, 0.6) is 5.75 Å². The second-order valence-electron chi connectivity index (χ2n) is 8.86. The van der Waals surface area contributed by atoms with E-state index in [4.69, 9.17) is 16.6 Å². The molecule has 2 aromatic heterocycles. The largest absolute Gasteiger partial charge is 0.507 e. The molecule has 5 rings (SSSR count). The van der Waals surface area contributed by atoms with E-state index in [2.05, 4.69) is 31.7 Å². The van der Waals surface area contributed by atoms with Crippen molar-refractivity contribution in [3.8, 4) is 17.0 Å². The number of phenols is 1. The fourth-order valence-electron chi connectivity index (χ4n) is 4.48. The number of rotatable bonds is 6. The van der Waals surface area contributed by atoms with Gasteiger partial charge in [0.1, 0.15) is 11.6 Å². The second-order valence-corrected chi connectivity index (χ2v) is 10.1. The normalized spacial score (nSPS) is 15.7. The zero-order valence-electron chi connectivity index (χ0n) is 19.5. The average Bonchev–Trinajstić information content (AvgIpc) is 3.27. The number of hydrogen-bond donors (Lipinski definition) is 3. The number of likely N-dealkylation sites (tertiary alicyclic amines) is 1. The van der Waals surface area contributed by atoms with Gasteiger partial charge in [-0.15, -0.1) is 0 Å². The molecule has 1 fully saturated rings. The van der Waals surface area contributed by atoms with Gasteiger partial charge in [-0.25, -0.2) is 9.78 Å². The first-order valence-electron chi connectivity index (χ1n) is 11.8. The number of phenolic OH excluding ortho intramolecular Hbond substituents is 1. The molecule has 186 valence electrons. The van der Waals surface area contributed by atoms with Gasteiger partial charge in [0.15, 0.2) is 5.65 Å². The number of carbonyl (C=O) groups is 1. The molecule has 2 aromatic carbocycles. The summed E-state index contributed by atoms with van der Waals surface area (Å²) in [6, 6.07) is 16.5. The first kappa shape index (κ1) is 24.4. The van der Waals surface area contributed by atoms with Crippen LogP contribution >= 0.6 is 27.5 Å². The molecule has 3 heterocycles. The molecular weight excluding hydrogens is 544 g/mol. The quantitative estimate of drug-likeness (QED) is 0.283. The van der Waals surface area contributed by atoms with Crippen LogP contribution in [0, 0.1) is 5.92 Å². The monoisotopic (exact) mass is 568 g/mol. The van der Waals surface area contributed by atoms with Crippen molar-refractivity contribution in [1.29, 1.82) is 0 Å². The van der Waals surface area contributed by atoms with Crippen LogP contribution in [0.3, 0.4) is 0 Å². The summed E-state index contributed by atoms with van der Waals surface area (Å²) >= 11 is 9.73. The summed E-state index contributed by atoms with van der Waals surface area (Å²) in [5.41, 5.74) is 2.85. The lowest BCUT2D eigenvalue weighted by Gasteiger charge is -2.33. The average molecular weight is 570 g/mol. The molecule has 1 atom stereocenters. The summed E-state index contributed by atoms with van der Waals surface area (Å²) in [6.45, 7) is 2.46. The maximum atomic E-state index is 12.8. The minimum Gasteiger partial charge on any atom is -0.507 e. The van der Waals surface area contributed by atoms with Crippen molar-refractivity contribution in [2.75, 3.05) is 25.0 Å². The predicted octanol–water partition coefficient (Wildman–Crippen LogP) is 5.55. The van der Waals surface area contributed by atoms with E-state index >= 15 is 0 Å². The Balaban J connectivity index is 1.27. The van der Waals surface area contributed by atoms with Crippen LogP contribution in [0.2, 0.25) is 5.02 Å². The summed E-state index contributed by atoms with van der Waals surface area (Å²) in [7, 11) is 0. The van der Waals surface area contributed by atoms with E-state index in [0.29, 0.717) is 41.6 Å². The Kier molecular flexibility index (Phi) is 7.29. The van der Waals surface area contributed by atoms with Gasteiger partial charge in [-0.3, -0.25) is 0 Å². The number of para-hydroxylation sites is 1. The van der Waals surface area contributed by atoms with Gasteiger partial charge in [0.2, 0.25) is 0 Å². The molecule has 0 bridgehead atoms. The van der Waals surface area contributed by atoms with Gasteiger partial charge >= 0.3 is 6.03 Å². The van der Waals surface area contributed by atoms with Crippen molar-refractivity contribution in [2.24, 2.45) is 5.92 Å². The lowest BCUT2D eigenvalue weighted by molar-refractivity contribution is 0.168. The number of nitrogens with zero attached hydrogens (tertiary/aromatic N) is 4. The topological polar surface area (TPSA) is 94.8 Å². The third-order valence-electron chi connectivity index (χ3n) is 6.37.